The molecule has 3 heteroatoms. The Morgan fingerprint density at radius 1 is 1.11 bits per heavy atom. The number of halogens is 1. The number of hydrogen-bond acceptors (Lipinski definition) is 2. The molecular formula is C16H19ClN2. The SMILES string of the molecule is CCc1ccc(N(C)Cc2cc(Cl)ccc2N)cc1. The molecule has 2 aromatic rings. The molecule has 19 heavy (non-hydrogen) atoms. The minimum atomic E-state index is 0.721. The average molecular weight is 275 g/mol. The van der Waals surface area contributed by atoms with Crippen molar-refractivity contribution in [3.8, 4) is 0 Å². The van der Waals surface area contributed by atoms with Crippen molar-refractivity contribution in [1.29, 1.82) is 0 Å². The van der Waals surface area contributed by atoms with E-state index >= 15 is 0 Å². The summed E-state index contributed by atoms with van der Waals surface area (Å²) in [5.74, 6) is 0. The highest BCUT2D eigenvalue weighted by atomic mass is 35.5. The number of nitrogens with zero attached hydrogens (tertiary/aromatic N) is 1. The summed E-state index contributed by atoms with van der Waals surface area (Å²) < 4.78 is 0. The standard InChI is InChI=1S/C16H19ClN2/c1-3-12-4-7-15(8-5-12)19(2)11-13-10-14(17)6-9-16(13)18/h4-10H,3,11,18H2,1-2H3. The molecule has 2 nitrogen and oxygen atoms in total. The van der Waals surface area contributed by atoms with Crippen LogP contribution < -0.4 is 10.6 Å². The van der Waals surface area contributed by atoms with Crippen molar-refractivity contribution in [2.75, 3.05) is 17.7 Å². The van der Waals surface area contributed by atoms with Crippen molar-refractivity contribution in [3.05, 3.63) is 58.6 Å². The van der Waals surface area contributed by atoms with Gasteiger partial charge in [0.15, 0.2) is 0 Å². The first-order valence-corrected chi connectivity index (χ1v) is 6.82. The smallest absolute Gasteiger partial charge is 0.0447 e. The van der Waals surface area contributed by atoms with Gasteiger partial charge in [-0.3, -0.25) is 0 Å². The molecule has 0 unspecified atom stereocenters. The van der Waals surface area contributed by atoms with Gasteiger partial charge in [-0.2, -0.15) is 0 Å². The van der Waals surface area contributed by atoms with Crippen molar-refractivity contribution in [1.82, 2.24) is 0 Å². The number of nitrogens with two attached hydrogens (primary N) is 1. The van der Waals surface area contributed by atoms with Gasteiger partial charge in [0.25, 0.3) is 0 Å². The van der Waals surface area contributed by atoms with Crippen LogP contribution in [0.15, 0.2) is 42.5 Å². The molecule has 2 aromatic carbocycles. The van der Waals surface area contributed by atoms with E-state index in [0.717, 1.165) is 29.2 Å². The topological polar surface area (TPSA) is 29.3 Å². The molecule has 0 aliphatic heterocycles. The van der Waals surface area contributed by atoms with Crippen LogP contribution in [-0.2, 0) is 13.0 Å². The first-order valence-electron chi connectivity index (χ1n) is 6.44. The van der Waals surface area contributed by atoms with E-state index in [-0.39, 0.29) is 0 Å². The Kier molecular flexibility index (Phi) is 4.33. The van der Waals surface area contributed by atoms with Gasteiger partial charge < -0.3 is 10.6 Å². The Bertz CT molecular complexity index is 549. The van der Waals surface area contributed by atoms with E-state index in [4.69, 9.17) is 17.3 Å². The van der Waals surface area contributed by atoms with Crippen LogP contribution in [0.3, 0.4) is 0 Å². The Balaban J connectivity index is 2.15. The third-order valence-corrected chi connectivity index (χ3v) is 3.53. The van der Waals surface area contributed by atoms with Gasteiger partial charge in [-0.1, -0.05) is 30.7 Å². The molecule has 0 saturated carbocycles. The first-order chi connectivity index (χ1) is 9.10. The molecule has 2 N–H and O–H groups in total. The first kappa shape index (κ1) is 13.8. The van der Waals surface area contributed by atoms with Crippen LogP contribution in [0.25, 0.3) is 0 Å². The zero-order valence-corrected chi connectivity index (χ0v) is 12.1. The maximum Gasteiger partial charge on any atom is 0.0447 e. The average Bonchev–Trinajstić information content (AvgIpc) is 2.43. The maximum atomic E-state index is 6.01. The van der Waals surface area contributed by atoms with Crippen molar-refractivity contribution in [3.63, 3.8) is 0 Å². The maximum absolute atomic E-state index is 6.01. The van der Waals surface area contributed by atoms with Crippen LogP contribution in [0.1, 0.15) is 18.1 Å². The Morgan fingerprint density at radius 3 is 2.42 bits per heavy atom. The van der Waals surface area contributed by atoms with Crippen LogP contribution in [0.5, 0.6) is 0 Å². The third-order valence-electron chi connectivity index (χ3n) is 3.30. The van der Waals surface area contributed by atoms with Crippen LogP contribution in [-0.4, -0.2) is 7.05 Å². The van der Waals surface area contributed by atoms with E-state index in [9.17, 15) is 0 Å². The lowest BCUT2D eigenvalue weighted by Gasteiger charge is -2.20. The van der Waals surface area contributed by atoms with Gasteiger partial charge in [0, 0.05) is 30.0 Å². The second-order valence-corrected chi connectivity index (χ2v) is 5.16. The van der Waals surface area contributed by atoms with Crippen LogP contribution in [0.4, 0.5) is 11.4 Å². The number of nitrogen functional groups attached to an aromatic ring is 1. The van der Waals surface area contributed by atoms with Gasteiger partial charge in [-0.25, -0.2) is 0 Å². The van der Waals surface area contributed by atoms with Crippen molar-refractivity contribution < 1.29 is 0 Å². The number of hydrogen-bond donors (Lipinski definition) is 1. The van der Waals surface area contributed by atoms with Gasteiger partial charge in [-0.15, -0.1) is 0 Å². The largest absolute Gasteiger partial charge is 0.398 e. The summed E-state index contributed by atoms with van der Waals surface area (Å²) in [5.41, 5.74) is 10.3. The van der Waals surface area contributed by atoms with Crippen LogP contribution >= 0.6 is 11.6 Å². The van der Waals surface area contributed by atoms with E-state index in [1.165, 1.54) is 11.3 Å². The summed E-state index contributed by atoms with van der Waals surface area (Å²) in [7, 11) is 2.06. The van der Waals surface area contributed by atoms with Gasteiger partial charge in [0.05, 0.1) is 0 Å². The zero-order valence-electron chi connectivity index (χ0n) is 11.4. The normalized spacial score (nSPS) is 10.5. The fraction of sp³-hybridized carbons (Fsp3) is 0.250. The summed E-state index contributed by atoms with van der Waals surface area (Å²) in [6, 6.07) is 14.2. The summed E-state index contributed by atoms with van der Waals surface area (Å²) in [4.78, 5) is 2.17. The van der Waals surface area contributed by atoms with E-state index in [1.54, 1.807) is 0 Å². The molecule has 0 atom stereocenters. The molecule has 0 aliphatic carbocycles. The van der Waals surface area contributed by atoms with E-state index in [0.29, 0.717) is 0 Å². The molecule has 0 aliphatic rings. The van der Waals surface area contributed by atoms with Crippen molar-refractivity contribution in [2.45, 2.75) is 19.9 Å². The quantitative estimate of drug-likeness (QED) is 0.850. The highest BCUT2D eigenvalue weighted by molar-refractivity contribution is 6.30. The molecular weight excluding hydrogens is 256 g/mol. The molecule has 0 bridgehead atoms. The van der Waals surface area contributed by atoms with Gasteiger partial charge in [0.2, 0.25) is 0 Å². The summed E-state index contributed by atoms with van der Waals surface area (Å²) in [5, 5.41) is 0.721. The lowest BCUT2D eigenvalue weighted by Crippen LogP contribution is -2.17. The lowest BCUT2D eigenvalue weighted by atomic mass is 10.1. The number of aryl methyl sites for hydroxylation is 1. The second kappa shape index (κ2) is 5.98. The summed E-state index contributed by atoms with van der Waals surface area (Å²) >= 11 is 6.01. The molecule has 2 rings (SSSR count). The van der Waals surface area contributed by atoms with Gasteiger partial charge >= 0.3 is 0 Å². The van der Waals surface area contributed by atoms with Gasteiger partial charge in [-0.05, 0) is 47.9 Å². The van der Waals surface area contributed by atoms with Crippen molar-refractivity contribution in [2.24, 2.45) is 0 Å². The molecule has 0 spiro atoms. The minimum absolute atomic E-state index is 0.721. The summed E-state index contributed by atoms with van der Waals surface area (Å²) in [6.45, 7) is 2.91. The Labute approximate surface area is 119 Å². The third kappa shape index (κ3) is 3.42. The van der Waals surface area contributed by atoms with E-state index in [1.807, 2.05) is 18.2 Å². The Morgan fingerprint density at radius 2 is 1.79 bits per heavy atom. The molecule has 0 aromatic heterocycles. The minimum Gasteiger partial charge on any atom is -0.398 e. The molecule has 0 heterocycles. The van der Waals surface area contributed by atoms with Crippen LogP contribution in [0, 0.1) is 0 Å². The molecule has 0 amide bonds. The highest BCUT2D eigenvalue weighted by Gasteiger charge is 2.06. The van der Waals surface area contributed by atoms with Crippen molar-refractivity contribution >= 4 is 23.0 Å². The second-order valence-electron chi connectivity index (χ2n) is 4.72. The predicted octanol–water partition coefficient (Wildman–Crippen LogP) is 4.12. The van der Waals surface area contributed by atoms with Gasteiger partial charge in [0.1, 0.15) is 0 Å². The fourth-order valence-electron chi connectivity index (χ4n) is 2.04. The monoisotopic (exact) mass is 274 g/mol. The summed E-state index contributed by atoms with van der Waals surface area (Å²) in [6.07, 6.45) is 1.06. The number of anilines is 2. The molecule has 0 fully saturated rings. The Hall–Kier alpha value is -1.67. The van der Waals surface area contributed by atoms with Crippen LogP contribution in [0.2, 0.25) is 5.02 Å². The van der Waals surface area contributed by atoms with E-state index < -0.39 is 0 Å². The predicted molar refractivity (Wildman–Crippen MR) is 83.8 cm³/mol. The lowest BCUT2D eigenvalue weighted by molar-refractivity contribution is 0.924. The number of rotatable bonds is 4. The van der Waals surface area contributed by atoms with E-state index in [2.05, 4.69) is 43.1 Å². The highest BCUT2D eigenvalue weighted by Crippen LogP contribution is 2.22. The number of benzene rings is 2. The molecule has 0 saturated heterocycles. The fourth-order valence-corrected chi connectivity index (χ4v) is 2.24. The molecule has 0 radical (unpaired) electrons. The zero-order chi connectivity index (χ0) is 13.8. The molecule has 100 valence electrons.